The molecule has 2 heterocycles. The second kappa shape index (κ2) is 3.76. The monoisotopic (exact) mass is 192 g/mol. The highest BCUT2D eigenvalue weighted by molar-refractivity contribution is 5.07. The molecule has 14 heavy (non-hydrogen) atoms. The van der Waals surface area contributed by atoms with Crippen LogP contribution in [-0.4, -0.2) is 9.55 Å². The first-order chi connectivity index (χ1) is 6.65. The molecule has 1 aromatic heterocycles. The Morgan fingerprint density at radius 3 is 3.07 bits per heavy atom. The molecule has 0 saturated carbocycles. The highest BCUT2D eigenvalue weighted by atomic mass is 15.1. The topological polar surface area (TPSA) is 17.8 Å². The molecule has 2 heteroatoms. The average Bonchev–Trinajstić information content (AvgIpc) is 2.44. The number of fused-ring (bicyclic) bond motifs is 1. The van der Waals surface area contributed by atoms with Crippen molar-refractivity contribution < 1.29 is 0 Å². The zero-order chi connectivity index (χ0) is 10.1. The van der Waals surface area contributed by atoms with E-state index in [0.29, 0.717) is 5.92 Å². The number of hydrogen-bond acceptors (Lipinski definition) is 1. The maximum absolute atomic E-state index is 4.70. The van der Waals surface area contributed by atoms with Gasteiger partial charge < -0.3 is 4.57 Å². The van der Waals surface area contributed by atoms with Crippen LogP contribution in [0.25, 0.3) is 0 Å². The molecule has 0 aromatic carbocycles. The van der Waals surface area contributed by atoms with E-state index in [1.165, 1.54) is 24.5 Å². The Bertz CT molecular complexity index is 312. The standard InChI is InChI=1S/C12H20N2/c1-9(2)6-11-8-14-5-4-10(3)7-12(14)13-11/h8-10H,4-7H2,1-3H3. The first kappa shape index (κ1) is 9.75. The third-order valence-corrected chi connectivity index (χ3v) is 2.92. The highest BCUT2D eigenvalue weighted by Crippen LogP contribution is 2.20. The second-order valence-electron chi connectivity index (χ2n) is 5.04. The van der Waals surface area contributed by atoms with Gasteiger partial charge in [0.25, 0.3) is 0 Å². The van der Waals surface area contributed by atoms with Crippen molar-refractivity contribution >= 4 is 0 Å². The minimum atomic E-state index is 0.712. The van der Waals surface area contributed by atoms with Gasteiger partial charge in [-0.1, -0.05) is 20.8 Å². The Kier molecular flexibility index (Phi) is 2.62. The van der Waals surface area contributed by atoms with Crippen LogP contribution < -0.4 is 0 Å². The minimum Gasteiger partial charge on any atom is -0.335 e. The minimum absolute atomic E-state index is 0.712. The van der Waals surface area contributed by atoms with Gasteiger partial charge in [-0.25, -0.2) is 4.98 Å². The highest BCUT2D eigenvalue weighted by Gasteiger charge is 2.17. The van der Waals surface area contributed by atoms with Crippen molar-refractivity contribution in [2.45, 2.75) is 46.6 Å². The number of imidazole rings is 1. The predicted molar refractivity (Wildman–Crippen MR) is 58.3 cm³/mol. The summed E-state index contributed by atoms with van der Waals surface area (Å²) in [6.07, 6.45) is 5.85. The fraction of sp³-hybridized carbons (Fsp3) is 0.750. The molecule has 1 aromatic rings. The molecule has 1 aliphatic heterocycles. The van der Waals surface area contributed by atoms with E-state index < -0.39 is 0 Å². The van der Waals surface area contributed by atoms with Gasteiger partial charge >= 0.3 is 0 Å². The molecule has 78 valence electrons. The number of aromatic nitrogens is 2. The van der Waals surface area contributed by atoms with Gasteiger partial charge in [0.05, 0.1) is 5.69 Å². The van der Waals surface area contributed by atoms with Crippen LogP contribution in [0, 0.1) is 11.8 Å². The Morgan fingerprint density at radius 1 is 1.57 bits per heavy atom. The van der Waals surface area contributed by atoms with Crippen molar-refractivity contribution in [2.24, 2.45) is 11.8 Å². The van der Waals surface area contributed by atoms with E-state index in [1.54, 1.807) is 0 Å². The van der Waals surface area contributed by atoms with E-state index in [-0.39, 0.29) is 0 Å². The lowest BCUT2D eigenvalue weighted by Gasteiger charge is -2.18. The van der Waals surface area contributed by atoms with E-state index >= 15 is 0 Å². The molecule has 0 fully saturated rings. The van der Waals surface area contributed by atoms with Gasteiger partial charge in [-0.3, -0.25) is 0 Å². The van der Waals surface area contributed by atoms with Crippen molar-refractivity contribution in [3.63, 3.8) is 0 Å². The van der Waals surface area contributed by atoms with Gasteiger partial charge in [0.15, 0.2) is 0 Å². The lowest BCUT2D eigenvalue weighted by Crippen LogP contribution is -2.16. The lowest BCUT2D eigenvalue weighted by molar-refractivity contribution is 0.409. The Hall–Kier alpha value is -0.790. The van der Waals surface area contributed by atoms with Crippen molar-refractivity contribution in [3.8, 4) is 0 Å². The number of hydrogen-bond donors (Lipinski definition) is 0. The normalized spacial score (nSPS) is 21.3. The van der Waals surface area contributed by atoms with Crippen LogP contribution >= 0.6 is 0 Å². The first-order valence-electron chi connectivity index (χ1n) is 5.70. The smallest absolute Gasteiger partial charge is 0.109 e. The number of aryl methyl sites for hydroxylation is 1. The molecule has 1 aliphatic rings. The largest absolute Gasteiger partial charge is 0.335 e. The second-order valence-corrected chi connectivity index (χ2v) is 5.04. The van der Waals surface area contributed by atoms with Crippen molar-refractivity contribution in [3.05, 3.63) is 17.7 Å². The van der Waals surface area contributed by atoms with Gasteiger partial charge in [0.2, 0.25) is 0 Å². The molecule has 1 atom stereocenters. The third-order valence-electron chi connectivity index (χ3n) is 2.92. The van der Waals surface area contributed by atoms with Gasteiger partial charge in [-0.05, 0) is 24.7 Å². The van der Waals surface area contributed by atoms with E-state index in [2.05, 4.69) is 31.5 Å². The maximum Gasteiger partial charge on any atom is 0.109 e. The SMILES string of the molecule is CC(C)Cc1cn2c(n1)CC(C)CC2. The summed E-state index contributed by atoms with van der Waals surface area (Å²) in [4.78, 5) is 4.70. The van der Waals surface area contributed by atoms with Crippen LogP contribution in [0.1, 0.15) is 38.7 Å². The fourth-order valence-electron chi connectivity index (χ4n) is 2.16. The van der Waals surface area contributed by atoms with Gasteiger partial charge in [-0.15, -0.1) is 0 Å². The Labute approximate surface area is 86.3 Å². The van der Waals surface area contributed by atoms with Gasteiger partial charge in [0, 0.05) is 19.2 Å². The summed E-state index contributed by atoms with van der Waals surface area (Å²) in [6.45, 7) is 7.99. The third kappa shape index (κ3) is 1.99. The van der Waals surface area contributed by atoms with Crippen LogP contribution in [-0.2, 0) is 19.4 Å². The van der Waals surface area contributed by atoms with Crippen LogP contribution in [0.4, 0.5) is 0 Å². The molecular weight excluding hydrogens is 172 g/mol. The summed E-state index contributed by atoms with van der Waals surface area (Å²) in [5, 5.41) is 0. The fourth-order valence-corrected chi connectivity index (χ4v) is 2.16. The molecule has 0 amide bonds. The summed E-state index contributed by atoms with van der Waals surface area (Å²) >= 11 is 0. The molecule has 2 nitrogen and oxygen atoms in total. The van der Waals surface area contributed by atoms with Crippen molar-refractivity contribution in [1.82, 2.24) is 9.55 Å². The Morgan fingerprint density at radius 2 is 2.36 bits per heavy atom. The van der Waals surface area contributed by atoms with Gasteiger partial charge in [0.1, 0.15) is 5.82 Å². The van der Waals surface area contributed by atoms with Crippen LogP contribution in [0.2, 0.25) is 0 Å². The summed E-state index contributed by atoms with van der Waals surface area (Å²) in [5.41, 5.74) is 1.28. The maximum atomic E-state index is 4.70. The lowest BCUT2D eigenvalue weighted by atomic mass is 10.0. The van der Waals surface area contributed by atoms with Crippen LogP contribution in [0.15, 0.2) is 6.20 Å². The molecule has 1 unspecified atom stereocenters. The quantitative estimate of drug-likeness (QED) is 0.704. The Balaban J connectivity index is 2.15. The molecule has 0 saturated heterocycles. The average molecular weight is 192 g/mol. The van der Waals surface area contributed by atoms with Crippen LogP contribution in [0.5, 0.6) is 0 Å². The molecule has 2 rings (SSSR count). The predicted octanol–water partition coefficient (Wildman–Crippen LogP) is 2.66. The molecular formula is C12H20N2. The van der Waals surface area contributed by atoms with Crippen molar-refractivity contribution in [2.75, 3.05) is 0 Å². The first-order valence-corrected chi connectivity index (χ1v) is 5.70. The summed E-state index contributed by atoms with van der Waals surface area (Å²) in [6, 6.07) is 0. The molecule has 0 spiro atoms. The summed E-state index contributed by atoms with van der Waals surface area (Å²) in [5.74, 6) is 2.83. The van der Waals surface area contributed by atoms with Crippen LogP contribution in [0.3, 0.4) is 0 Å². The number of nitrogens with zero attached hydrogens (tertiary/aromatic N) is 2. The van der Waals surface area contributed by atoms with Crippen molar-refractivity contribution in [1.29, 1.82) is 0 Å². The number of rotatable bonds is 2. The van der Waals surface area contributed by atoms with E-state index in [0.717, 1.165) is 18.8 Å². The van der Waals surface area contributed by atoms with Gasteiger partial charge in [-0.2, -0.15) is 0 Å². The van der Waals surface area contributed by atoms with E-state index in [1.807, 2.05) is 0 Å². The zero-order valence-electron chi connectivity index (χ0n) is 9.45. The molecule has 0 aliphatic carbocycles. The molecule has 0 radical (unpaired) electrons. The van der Waals surface area contributed by atoms with E-state index in [4.69, 9.17) is 4.98 Å². The molecule has 0 N–H and O–H groups in total. The van der Waals surface area contributed by atoms with E-state index in [9.17, 15) is 0 Å². The zero-order valence-corrected chi connectivity index (χ0v) is 9.45. The summed E-state index contributed by atoms with van der Waals surface area (Å²) < 4.78 is 2.34. The summed E-state index contributed by atoms with van der Waals surface area (Å²) in [7, 11) is 0. The molecule has 0 bridgehead atoms.